The van der Waals surface area contributed by atoms with Crippen molar-refractivity contribution >= 4 is 11.6 Å². The molecular formula is C18H28N6. The number of hydrogen-bond donors (Lipinski definition) is 0. The van der Waals surface area contributed by atoms with Gasteiger partial charge in [0.05, 0.1) is 0 Å². The smallest absolute Gasteiger partial charge is 0.254 e. The van der Waals surface area contributed by atoms with Crippen molar-refractivity contribution in [2.75, 3.05) is 31.1 Å². The molecule has 1 aliphatic heterocycles. The minimum atomic E-state index is 0.733. The monoisotopic (exact) mass is 328 g/mol. The molecule has 4 rings (SSSR count). The molecule has 0 radical (unpaired) electrons. The van der Waals surface area contributed by atoms with Crippen LogP contribution in [0, 0.1) is 6.92 Å². The van der Waals surface area contributed by atoms with Crippen LogP contribution in [0.2, 0.25) is 0 Å². The molecule has 0 spiro atoms. The summed E-state index contributed by atoms with van der Waals surface area (Å²) in [5, 5.41) is 4.64. The molecule has 1 aliphatic carbocycles. The number of piperazine rings is 1. The molecular weight excluding hydrogens is 300 g/mol. The summed E-state index contributed by atoms with van der Waals surface area (Å²) in [5.41, 5.74) is 1.02. The van der Waals surface area contributed by atoms with Crippen LogP contribution in [0.5, 0.6) is 0 Å². The Balaban J connectivity index is 1.52. The molecule has 2 fully saturated rings. The number of nitrogens with zero attached hydrogens (tertiary/aromatic N) is 6. The van der Waals surface area contributed by atoms with Gasteiger partial charge in [0, 0.05) is 50.4 Å². The quantitative estimate of drug-likeness (QED) is 0.866. The molecule has 6 nitrogen and oxygen atoms in total. The van der Waals surface area contributed by atoms with Crippen LogP contribution in [0.25, 0.3) is 5.78 Å². The van der Waals surface area contributed by atoms with E-state index in [0.29, 0.717) is 0 Å². The number of hydrogen-bond acceptors (Lipinski definition) is 5. The molecule has 0 N–H and O–H groups in total. The van der Waals surface area contributed by atoms with E-state index in [4.69, 9.17) is 0 Å². The van der Waals surface area contributed by atoms with Gasteiger partial charge in [-0.25, -0.2) is 4.98 Å². The van der Waals surface area contributed by atoms with Gasteiger partial charge in [0.1, 0.15) is 5.82 Å². The summed E-state index contributed by atoms with van der Waals surface area (Å²) in [6.07, 6.45) is 7.87. The zero-order chi connectivity index (χ0) is 16.5. The van der Waals surface area contributed by atoms with Gasteiger partial charge in [-0.15, -0.1) is 5.10 Å². The first kappa shape index (κ1) is 15.8. The van der Waals surface area contributed by atoms with Crippen molar-refractivity contribution in [1.29, 1.82) is 0 Å². The molecule has 2 aliphatic rings. The molecule has 24 heavy (non-hydrogen) atoms. The van der Waals surface area contributed by atoms with Crippen LogP contribution in [-0.4, -0.2) is 56.7 Å². The normalized spacial score (nSPS) is 20.8. The van der Waals surface area contributed by atoms with Gasteiger partial charge in [0.25, 0.3) is 5.78 Å². The Labute approximate surface area is 143 Å². The second-order valence-corrected chi connectivity index (χ2v) is 7.16. The Bertz CT molecular complexity index is 695. The molecule has 0 amide bonds. The Morgan fingerprint density at radius 2 is 1.79 bits per heavy atom. The molecule has 0 atom stereocenters. The summed E-state index contributed by atoms with van der Waals surface area (Å²) in [6.45, 7) is 8.57. The summed E-state index contributed by atoms with van der Waals surface area (Å²) in [6, 6.07) is 2.97. The minimum Gasteiger partial charge on any atom is -0.354 e. The SMILES string of the molecule is CCc1nc2nc(C)cc(N3CCN(C4CCCCC4)CC3)n2n1. The van der Waals surface area contributed by atoms with Crippen LogP contribution in [0.3, 0.4) is 0 Å². The molecule has 1 saturated heterocycles. The van der Waals surface area contributed by atoms with Crippen molar-refractivity contribution in [3.63, 3.8) is 0 Å². The summed E-state index contributed by atoms with van der Waals surface area (Å²) in [4.78, 5) is 14.2. The Kier molecular flexibility index (Phi) is 4.39. The Morgan fingerprint density at radius 1 is 1.04 bits per heavy atom. The lowest BCUT2D eigenvalue weighted by Crippen LogP contribution is -2.51. The molecule has 130 valence electrons. The molecule has 1 saturated carbocycles. The zero-order valence-electron chi connectivity index (χ0n) is 14.9. The lowest BCUT2D eigenvalue weighted by atomic mass is 9.94. The van der Waals surface area contributed by atoms with E-state index in [1.54, 1.807) is 0 Å². The number of aromatic nitrogens is 4. The van der Waals surface area contributed by atoms with E-state index in [2.05, 4.69) is 37.9 Å². The third kappa shape index (κ3) is 2.99. The zero-order valence-corrected chi connectivity index (χ0v) is 14.9. The van der Waals surface area contributed by atoms with Gasteiger partial charge in [0.2, 0.25) is 0 Å². The predicted molar refractivity (Wildman–Crippen MR) is 95.6 cm³/mol. The number of fused-ring (bicyclic) bond motifs is 1. The summed E-state index contributed by atoms with van der Waals surface area (Å²) < 4.78 is 1.93. The van der Waals surface area contributed by atoms with Crippen LogP contribution < -0.4 is 4.90 Å². The van der Waals surface area contributed by atoms with Crippen molar-refractivity contribution in [3.05, 3.63) is 17.6 Å². The maximum Gasteiger partial charge on any atom is 0.254 e. The van der Waals surface area contributed by atoms with Gasteiger partial charge in [-0.2, -0.15) is 9.50 Å². The van der Waals surface area contributed by atoms with Crippen LogP contribution >= 0.6 is 0 Å². The fourth-order valence-corrected chi connectivity index (χ4v) is 4.15. The van der Waals surface area contributed by atoms with Crippen molar-refractivity contribution < 1.29 is 0 Å². The van der Waals surface area contributed by atoms with Crippen LogP contribution in [-0.2, 0) is 6.42 Å². The van der Waals surface area contributed by atoms with Crippen LogP contribution in [0.1, 0.15) is 50.5 Å². The Morgan fingerprint density at radius 3 is 2.50 bits per heavy atom. The van der Waals surface area contributed by atoms with Crippen molar-refractivity contribution in [1.82, 2.24) is 24.5 Å². The highest BCUT2D eigenvalue weighted by atomic mass is 15.4. The summed E-state index contributed by atoms with van der Waals surface area (Å²) in [5.74, 6) is 2.75. The van der Waals surface area contributed by atoms with Gasteiger partial charge in [0.15, 0.2) is 5.82 Å². The first-order valence-electron chi connectivity index (χ1n) is 9.47. The van der Waals surface area contributed by atoms with E-state index in [9.17, 15) is 0 Å². The first-order valence-corrected chi connectivity index (χ1v) is 9.47. The topological polar surface area (TPSA) is 49.6 Å². The average Bonchev–Trinajstić information content (AvgIpc) is 3.05. The predicted octanol–water partition coefficient (Wildman–Crippen LogP) is 2.45. The number of rotatable bonds is 3. The Hall–Kier alpha value is -1.69. The van der Waals surface area contributed by atoms with Gasteiger partial charge in [-0.05, 0) is 19.8 Å². The molecule has 0 bridgehead atoms. The molecule has 6 heteroatoms. The summed E-state index contributed by atoms with van der Waals surface area (Å²) in [7, 11) is 0. The molecule has 0 aromatic carbocycles. The van der Waals surface area contributed by atoms with Crippen molar-refractivity contribution in [2.24, 2.45) is 0 Å². The van der Waals surface area contributed by atoms with Gasteiger partial charge >= 0.3 is 0 Å². The van der Waals surface area contributed by atoms with Gasteiger partial charge in [-0.1, -0.05) is 26.2 Å². The molecule has 3 heterocycles. The highest BCUT2D eigenvalue weighted by molar-refractivity contribution is 5.48. The van der Waals surface area contributed by atoms with Crippen LogP contribution in [0.4, 0.5) is 5.82 Å². The largest absolute Gasteiger partial charge is 0.354 e. The molecule has 0 unspecified atom stereocenters. The lowest BCUT2D eigenvalue weighted by molar-refractivity contribution is 0.147. The maximum atomic E-state index is 4.64. The van der Waals surface area contributed by atoms with E-state index >= 15 is 0 Å². The highest BCUT2D eigenvalue weighted by Crippen LogP contribution is 2.25. The molecule has 2 aromatic heterocycles. The average molecular weight is 328 g/mol. The van der Waals surface area contributed by atoms with Crippen molar-refractivity contribution in [2.45, 2.75) is 58.4 Å². The fraction of sp³-hybridized carbons (Fsp3) is 0.722. The first-order chi connectivity index (χ1) is 11.7. The third-order valence-electron chi connectivity index (χ3n) is 5.51. The fourth-order valence-electron chi connectivity index (χ4n) is 4.15. The van der Waals surface area contributed by atoms with Crippen LogP contribution in [0.15, 0.2) is 6.07 Å². The second-order valence-electron chi connectivity index (χ2n) is 7.16. The van der Waals surface area contributed by atoms with E-state index in [1.807, 2.05) is 11.4 Å². The number of anilines is 1. The van der Waals surface area contributed by atoms with E-state index in [0.717, 1.165) is 61.8 Å². The highest BCUT2D eigenvalue weighted by Gasteiger charge is 2.26. The molecule has 2 aromatic rings. The number of aryl methyl sites for hydroxylation is 2. The second kappa shape index (κ2) is 6.67. The third-order valence-corrected chi connectivity index (χ3v) is 5.51. The van der Waals surface area contributed by atoms with E-state index < -0.39 is 0 Å². The van der Waals surface area contributed by atoms with Gasteiger partial charge < -0.3 is 4.90 Å². The minimum absolute atomic E-state index is 0.733. The lowest BCUT2D eigenvalue weighted by Gasteiger charge is -2.41. The van der Waals surface area contributed by atoms with E-state index in [1.165, 1.54) is 32.1 Å². The van der Waals surface area contributed by atoms with Gasteiger partial charge in [-0.3, -0.25) is 4.90 Å². The van der Waals surface area contributed by atoms with Crippen molar-refractivity contribution in [3.8, 4) is 0 Å². The summed E-state index contributed by atoms with van der Waals surface area (Å²) >= 11 is 0. The standard InChI is InChI=1S/C18H28N6/c1-3-16-20-18-19-14(2)13-17(24(18)21-16)23-11-9-22(10-12-23)15-7-5-4-6-8-15/h13,15H,3-12H2,1-2H3. The van der Waals surface area contributed by atoms with E-state index in [-0.39, 0.29) is 0 Å². The maximum absolute atomic E-state index is 4.64.